The van der Waals surface area contributed by atoms with Gasteiger partial charge in [0.2, 0.25) is 5.95 Å². The van der Waals surface area contributed by atoms with E-state index in [0.29, 0.717) is 34.2 Å². The highest BCUT2D eigenvalue weighted by atomic mass is 32.1. The average molecular weight is 455 g/mol. The van der Waals surface area contributed by atoms with Crippen LogP contribution < -0.4 is 20.1 Å². The van der Waals surface area contributed by atoms with Crippen molar-refractivity contribution in [3.8, 4) is 22.8 Å². The highest BCUT2D eigenvalue weighted by Gasteiger charge is 2.24. The molecule has 1 fully saturated rings. The molecule has 1 aliphatic rings. The summed E-state index contributed by atoms with van der Waals surface area (Å²) in [6.45, 7) is 3.04. The van der Waals surface area contributed by atoms with E-state index in [4.69, 9.17) is 32.4 Å². The number of nitrogen functional groups attached to an aromatic ring is 1. The summed E-state index contributed by atoms with van der Waals surface area (Å²) in [6.07, 6.45) is 1.67. The number of hydrogen-bond acceptors (Lipinski definition) is 9. The largest absolute Gasteiger partial charge is 0.493 e. The van der Waals surface area contributed by atoms with Crippen LogP contribution in [0, 0.1) is 0 Å². The maximum Gasteiger partial charge on any atom is 0.224 e. The van der Waals surface area contributed by atoms with Crippen LogP contribution in [0.4, 0.5) is 11.8 Å². The van der Waals surface area contributed by atoms with Crippen LogP contribution in [0.1, 0.15) is 0 Å². The normalized spacial score (nSPS) is 13.9. The van der Waals surface area contributed by atoms with E-state index in [1.807, 2.05) is 37.2 Å². The Morgan fingerprint density at radius 1 is 1.03 bits per heavy atom. The standard InChI is InChI=1S/C21H26N8O2S/c1-27(2)21(32)29-9-7-28(8-10-29)19-17-18(25-20(22)26-19)23-12-14(24-17)13-5-6-15(30-3)16(11-13)31-4/h5-6,11-12H,7-10H2,1-4H3,(H2,22,23,25,26). The fourth-order valence-corrected chi connectivity index (χ4v) is 3.84. The molecule has 4 rings (SSSR count). The summed E-state index contributed by atoms with van der Waals surface area (Å²) in [4.78, 5) is 24.4. The number of hydrogen-bond donors (Lipinski definition) is 1. The summed E-state index contributed by atoms with van der Waals surface area (Å²) < 4.78 is 10.8. The second-order valence-electron chi connectivity index (χ2n) is 7.55. The van der Waals surface area contributed by atoms with Gasteiger partial charge in [0.25, 0.3) is 0 Å². The van der Waals surface area contributed by atoms with Gasteiger partial charge >= 0.3 is 0 Å². The van der Waals surface area contributed by atoms with Crippen molar-refractivity contribution in [3.63, 3.8) is 0 Å². The van der Waals surface area contributed by atoms with Gasteiger partial charge in [0.1, 0.15) is 0 Å². The summed E-state index contributed by atoms with van der Waals surface area (Å²) >= 11 is 5.51. The highest BCUT2D eigenvalue weighted by Crippen LogP contribution is 2.32. The van der Waals surface area contributed by atoms with Crippen LogP contribution in [-0.2, 0) is 0 Å². The lowest BCUT2D eigenvalue weighted by Crippen LogP contribution is -2.51. The van der Waals surface area contributed by atoms with E-state index in [-0.39, 0.29) is 5.95 Å². The number of ether oxygens (including phenoxy) is 2. The molecule has 3 heterocycles. The first-order chi connectivity index (χ1) is 15.4. The maximum absolute atomic E-state index is 5.98. The second-order valence-corrected chi connectivity index (χ2v) is 7.92. The second kappa shape index (κ2) is 8.95. The number of methoxy groups -OCH3 is 2. The minimum atomic E-state index is 0.173. The monoisotopic (exact) mass is 454 g/mol. The van der Waals surface area contributed by atoms with E-state index in [9.17, 15) is 0 Å². The number of aromatic nitrogens is 4. The van der Waals surface area contributed by atoms with Crippen molar-refractivity contribution >= 4 is 40.3 Å². The van der Waals surface area contributed by atoms with Gasteiger partial charge in [0, 0.05) is 45.8 Å². The lowest BCUT2D eigenvalue weighted by Gasteiger charge is -2.38. The molecule has 1 aliphatic heterocycles. The van der Waals surface area contributed by atoms with Crippen LogP contribution in [0.15, 0.2) is 24.4 Å². The first kappa shape index (κ1) is 21.8. The van der Waals surface area contributed by atoms with E-state index >= 15 is 0 Å². The van der Waals surface area contributed by atoms with Crippen LogP contribution in [0.2, 0.25) is 0 Å². The third-order valence-electron chi connectivity index (χ3n) is 5.32. The number of thiocarbonyl (C=S) groups is 1. The molecule has 2 N–H and O–H groups in total. The molecule has 0 bridgehead atoms. The first-order valence-electron chi connectivity index (χ1n) is 10.1. The zero-order valence-electron chi connectivity index (χ0n) is 18.6. The summed E-state index contributed by atoms with van der Waals surface area (Å²) in [5.41, 5.74) is 8.58. The van der Waals surface area contributed by atoms with Gasteiger partial charge in [-0.25, -0.2) is 9.97 Å². The van der Waals surface area contributed by atoms with Crippen molar-refractivity contribution in [3.05, 3.63) is 24.4 Å². The fourth-order valence-electron chi connectivity index (χ4n) is 3.66. The molecule has 0 unspecified atom stereocenters. The zero-order valence-corrected chi connectivity index (χ0v) is 19.4. The van der Waals surface area contributed by atoms with Gasteiger partial charge in [-0.1, -0.05) is 0 Å². The molecule has 10 nitrogen and oxygen atoms in total. The molecule has 168 valence electrons. The number of fused-ring (bicyclic) bond motifs is 1. The summed E-state index contributed by atoms with van der Waals surface area (Å²) in [5, 5.41) is 0.826. The lowest BCUT2D eigenvalue weighted by molar-refractivity contribution is 0.352. The molecule has 0 aliphatic carbocycles. The molecule has 0 saturated carbocycles. The number of piperazine rings is 1. The van der Waals surface area contributed by atoms with E-state index in [1.165, 1.54) is 0 Å². The van der Waals surface area contributed by atoms with Crippen LogP contribution in [0.5, 0.6) is 11.5 Å². The minimum absolute atomic E-state index is 0.173. The SMILES string of the molecule is COc1ccc(-c2cnc3nc(N)nc(N4CCN(C(=S)N(C)C)CC4)c3n2)cc1OC. The average Bonchev–Trinajstić information content (AvgIpc) is 2.82. The number of benzene rings is 1. The molecular weight excluding hydrogens is 428 g/mol. The Hall–Kier alpha value is -3.47. The molecule has 0 spiro atoms. The van der Waals surface area contributed by atoms with Crippen LogP contribution in [0.3, 0.4) is 0 Å². The summed E-state index contributed by atoms with van der Waals surface area (Å²) in [7, 11) is 7.12. The van der Waals surface area contributed by atoms with Gasteiger partial charge in [-0.15, -0.1) is 0 Å². The van der Waals surface area contributed by atoms with Crippen molar-refractivity contribution in [1.82, 2.24) is 29.7 Å². The molecule has 0 amide bonds. The van der Waals surface area contributed by atoms with Gasteiger partial charge in [0.05, 0.1) is 26.1 Å². The molecule has 3 aromatic rings. The van der Waals surface area contributed by atoms with Crippen LogP contribution >= 0.6 is 12.2 Å². The van der Waals surface area contributed by atoms with Gasteiger partial charge in [0.15, 0.2) is 33.6 Å². The molecule has 32 heavy (non-hydrogen) atoms. The van der Waals surface area contributed by atoms with E-state index in [2.05, 4.69) is 24.8 Å². The number of anilines is 2. The first-order valence-corrected chi connectivity index (χ1v) is 10.6. The van der Waals surface area contributed by atoms with E-state index < -0.39 is 0 Å². The molecule has 2 aromatic heterocycles. The Balaban J connectivity index is 1.69. The predicted octanol–water partition coefficient (Wildman–Crippen LogP) is 1.65. The Morgan fingerprint density at radius 3 is 2.41 bits per heavy atom. The molecule has 1 aromatic carbocycles. The Labute approximate surface area is 192 Å². The lowest BCUT2D eigenvalue weighted by atomic mass is 10.1. The van der Waals surface area contributed by atoms with E-state index in [1.54, 1.807) is 20.4 Å². The Kier molecular flexibility index (Phi) is 6.08. The molecule has 0 atom stereocenters. The summed E-state index contributed by atoms with van der Waals surface area (Å²) in [5.74, 6) is 2.12. The van der Waals surface area contributed by atoms with Crippen molar-refractivity contribution in [2.24, 2.45) is 0 Å². The topological polar surface area (TPSA) is 106 Å². The van der Waals surface area contributed by atoms with Crippen LogP contribution in [-0.4, -0.2) is 89.3 Å². The smallest absolute Gasteiger partial charge is 0.224 e. The molecule has 0 radical (unpaired) electrons. The van der Waals surface area contributed by atoms with Gasteiger partial charge in [-0.05, 0) is 30.4 Å². The zero-order chi connectivity index (χ0) is 22.8. The van der Waals surface area contributed by atoms with Crippen LogP contribution in [0.25, 0.3) is 22.4 Å². The number of nitrogens with zero attached hydrogens (tertiary/aromatic N) is 7. The van der Waals surface area contributed by atoms with Gasteiger partial charge < -0.3 is 29.9 Å². The van der Waals surface area contributed by atoms with Crippen molar-refractivity contribution < 1.29 is 9.47 Å². The number of rotatable bonds is 4. The molecule has 11 heteroatoms. The number of nitrogens with two attached hydrogens (primary N) is 1. The van der Waals surface area contributed by atoms with Gasteiger partial charge in [-0.3, -0.25) is 0 Å². The molecule has 1 saturated heterocycles. The van der Waals surface area contributed by atoms with Crippen molar-refractivity contribution in [2.45, 2.75) is 0 Å². The van der Waals surface area contributed by atoms with Crippen molar-refractivity contribution in [1.29, 1.82) is 0 Å². The Morgan fingerprint density at radius 2 is 1.75 bits per heavy atom. The summed E-state index contributed by atoms with van der Waals surface area (Å²) in [6, 6.07) is 5.62. The third kappa shape index (κ3) is 4.15. The highest BCUT2D eigenvalue weighted by molar-refractivity contribution is 7.80. The maximum atomic E-state index is 5.98. The fraction of sp³-hybridized carbons (Fsp3) is 0.381. The van der Waals surface area contributed by atoms with Crippen molar-refractivity contribution in [2.75, 3.05) is 65.1 Å². The minimum Gasteiger partial charge on any atom is -0.493 e. The quantitative estimate of drug-likeness (QED) is 0.582. The Bertz CT molecular complexity index is 1150. The molecular formula is C21H26N8O2S. The van der Waals surface area contributed by atoms with E-state index in [0.717, 1.165) is 36.9 Å². The third-order valence-corrected chi connectivity index (χ3v) is 5.94. The predicted molar refractivity (Wildman–Crippen MR) is 128 cm³/mol. The van der Waals surface area contributed by atoms with Gasteiger partial charge in [-0.2, -0.15) is 9.97 Å².